The molecule has 0 aromatic heterocycles. The summed E-state index contributed by atoms with van der Waals surface area (Å²) in [5.41, 5.74) is 1.88. The van der Waals surface area contributed by atoms with Crippen LogP contribution >= 0.6 is 0 Å². The highest BCUT2D eigenvalue weighted by Crippen LogP contribution is 2.41. The number of carbonyl (C=O) groups excluding carboxylic acids is 10. The maximum Gasteiger partial charge on any atom is 0.261 e. The van der Waals surface area contributed by atoms with E-state index in [0.717, 1.165) is 125 Å². The van der Waals surface area contributed by atoms with E-state index in [1.807, 2.05) is 0 Å². The minimum atomic E-state index is -0.625. The summed E-state index contributed by atoms with van der Waals surface area (Å²) in [7, 11) is 0. The Kier molecular flexibility index (Phi) is 19.5. The van der Waals surface area contributed by atoms with Crippen molar-refractivity contribution in [1.29, 1.82) is 0 Å². The number of benzene rings is 4. The van der Waals surface area contributed by atoms with E-state index in [2.05, 4.69) is 38.3 Å². The van der Waals surface area contributed by atoms with E-state index < -0.39 is 71.2 Å². The van der Waals surface area contributed by atoms with Crippen molar-refractivity contribution in [3.05, 3.63) is 93.0 Å². The number of hydrogen-bond acceptors (Lipinski definition) is 10. The van der Waals surface area contributed by atoms with Crippen molar-refractivity contribution >= 4 is 80.6 Å². The van der Waals surface area contributed by atoms with E-state index in [-0.39, 0.29) is 71.0 Å². The van der Waals surface area contributed by atoms with Gasteiger partial charge in [-0.25, -0.2) is 0 Å². The Balaban J connectivity index is 0.814. The SMILES string of the molecule is CCCCCCC(CCCCCC)N1C(=O)c2ccc3c4c(ccc(c24)C1=O)C(=O)N(CCC(=O)N[C@@H]1CCCC[C@H]1NC(=O)CCN1C(=O)c2ccc4c5c(ccc(c25)C1=O)C(=O)N(C(CCCCCC)CCCCCC)C4=O)C3=O. The summed E-state index contributed by atoms with van der Waals surface area (Å²) < 4.78 is 0. The first kappa shape index (κ1) is 59.5. The van der Waals surface area contributed by atoms with Gasteiger partial charge in [-0.3, -0.25) is 67.5 Å². The maximum atomic E-state index is 14.3. The molecule has 16 heteroatoms. The number of unbranched alkanes of at least 4 members (excludes halogenated alkanes) is 12. The van der Waals surface area contributed by atoms with Crippen LogP contribution in [-0.2, 0) is 9.59 Å². The molecule has 4 aromatic rings. The largest absolute Gasteiger partial charge is 0.351 e. The van der Waals surface area contributed by atoms with Crippen LogP contribution in [0.2, 0.25) is 0 Å². The van der Waals surface area contributed by atoms with Gasteiger partial charge in [0.25, 0.3) is 47.3 Å². The van der Waals surface area contributed by atoms with Crippen molar-refractivity contribution in [2.24, 2.45) is 0 Å². The highest BCUT2D eigenvalue weighted by Gasteiger charge is 2.44. The molecule has 1 saturated carbocycles. The van der Waals surface area contributed by atoms with Gasteiger partial charge in [0.05, 0.1) is 0 Å². The van der Waals surface area contributed by atoms with E-state index in [4.69, 9.17) is 0 Å². The van der Waals surface area contributed by atoms with Crippen molar-refractivity contribution in [2.45, 2.75) is 219 Å². The molecule has 4 aliphatic heterocycles. The van der Waals surface area contributed by atoms with Gasteiger partial charge in [-0.05, 0) is 87.1 Å². The molecule has 1 aliphatic carbocycles. The monoisotopic (exact) mass is 1120 g/mol. The smallest absolute Gasteiger partial charge is 0.261 e. The Morgan fingerprint density at radius 2 is 0.622 bits per heavy atom. The highest BCUT2D eigenvalue weighted by atomic mass is 16.2. The molecule has 2 atom stereocenters. The highest BCUT2D eigenvalue weighted by molar-refractivity contribution is 6.35. The number of rotatable bonds is 30. The first-order valence-electron chi connectivity index (χ1n) is 31.0. The average molecular weight is 1120 g/mol. The van der Waals surface area contributed by atoms with E-state index in [0.29, 0.717) is 71.6 Å². The summed E-state index contributed by atoms with van der Waals surface area (Å²) in [6.07, 6.45) is 21.4. The van der Waals surface area contributed by atoms with Crippen molar-refractivity contribution in [3.63, 3.8) is 0 Å². The van der Waals surface area contributed by atoms with Crippen LogP contribution in [0.4, 0.5) is 0 Å². The van der Waals surface area contributed by atoms with Crippen LogP contribution in [0, 0.1) is 0 Å². The fraction of sp³-hybridized carbons (Fsp3) is 0.545. The lowest BCUT2D eigenvalue weighted by Crippen LogP contribution is -2.54. The maximum absolute atomic E-state index is 14.3. The van der Waals surface area contributed by atoms with E-state index in [1.54, 1.807) is 48.5 Å². The Bertz CT molecular complexity index is 2810. The second-order valence-electron chi connectivity index (χ2n) is 23.5. The Hall–Kier alpha value is -7.10. The van der Waals surface area contributed by atoms with Gasteiger partial charge in [-0.1, -0.05) is 143 Å². The van der Waals surface area contributed by atoms with Gasteiger partial charge < -0.3 is 10.6 Å². The third-order valence-corrected chi connectivity index (χ3v) is 17.9. The lowest BCUT2D eigenvalue weighted by Gasteiger charge is -2.36. The molecule has 5 aliphatic rings. The minimum absolute atomic E-state index is 0.178. The van der Waals surface area contributed by atoms with E-state index in [9.17, 15) is 47.9 Å². The zero-order valence-electron chi connectivity index (χ0n) is 48.6. The topological polar surface area (TPSA) is 208 Å². The first-order chi connectivity index (χ1) is 39.8. The van der Waals surface area contributed by atoms with Gasteiger partial charge in [-0.2, -0.15) is 0 Å². The third kappa shape index (κ3) is 11.9. The number of carbonyl (C=O) groups is 10. The molecule has 0 spiro atoms. The molecule has 0 bridgehead atoms. The summed E-state index contributed by atoms with van der Waals surface area (Å²) in [5, 5.41) is 7.23. The Morgan fingerprint density at radius 3 is 0.866 bits per heavy atom. The Labute approximate surface area is 481 Å². The Morgan fingerprint density at radius 1 is 0.378 bits per heavy atom. The third-order valence-electron chi connectivity index (χ3n) is 17.9. The van der Waals surface area contributed by atoms with Gasteiger partial charge in [0.2, 0.25) is 11.8 Å². The zero-order valence-corrected chi connectivity index (χ0v) is 48.6. The molecular formula is C66H82N6O10. The van der Waals surface area contributed by atoms with Crippen LogP contribution in [0.3, 0.4) is 0 Å². The molecule has 0 saturated heterocycles. The first-order valence-corrected chi connectivity index (χ1v) is 31.0. The van der Waals surface area contributed by atoms with Gasteiger partial charge in [-0.15, -0.1) is 0 Å². The molecule has 0 unspecified atom stereocenters. The van der Waals surface area contributed by atoms with Crippen LogP contribution in [0.15, 0.2) is 48.5 Å². The van der Waals surface area contributed by atoms with E-state index >= 15 is 0 Å². The predicted molar refractivity (Wildman–Crippen MR) is 314 cm³/mol. The van der Waals surface area contributed by atoms with Crippen LogP contribution in [0.25, 0.3) is 21.5 Å². The fourth-order valence-electron chi connectivity index (χ4n) is 13.4. The molecule has 9 rings (SSSR count). The van der Waals surface area contributed by atoms with Crippen molar-refractivity contribution in [3.8, 4) is 0 Å². The summed E-state index contributed by atoms with van der Waals surface area (Å²) in [4.78, 5) is 146. The van der Waals surface area contributed by atoms with Gasteiger partial charge >= 0.3 is 0 Å². The van der Waals surface area contributed by atoms with E-state index in [1.165, 1.54) is 9.80 Å². The molecule has 4 aromatic carbocycles. The molecule has 436 valence electrons. The van der Waals surface area contributed by atoms with Crippen LogP contribution in [0.1, 0.15) is 278 Å². The van der Waals surface area contributed by atoms with Crippen LogP contribution < -0.4 is 10.6 Å². The molecule has 10 amide bonds. The zero-order chi connectivity index (χ0) is 58.2. The number of amides is 10. The normalized spacial score (nSPS) is 17.7. The van der Waals surface area contributed by atoms with Crippen molar-refractivity contribution < 1.29 is 47.9 Å². The number of nitrogens with one attached hydrogen (secondary N) is 2. The average Bonchev–Trinajstić information content (AvgIpc) is 1.46. The predicted octanol–water partition coefficient (Wildman–Crippen LogP) is 12.0. The van der Waals surface area contributed by atoms with Crippen molar-refractivity contribution in [1.82, 2.24) is 30.2 Å². The number of nitrogens with zero attached hydrogens (tertiary/aromatic N) is 4. The van der Waals surface area contributed by atoms with Crippen molar-refractivity contribution in [2.75, 3.05) is 13.1 Å². The number of hydrogen-bond donors (Lipinski definition) is 2. The van der Waals surface area contributed by atoms with Crippen LogP contribution in [-0.4, -0.2) is 116 Å². The second-order valence-corrected chi connectivity index (χ2v) is 23.5. The van der Waals surface area contributed by atoms with Crippen LogP contribution in [0.5, 0.6) is 0 Å². The van der Waals surface area contributed by atoms with Gasteiger partial charge in [0.15, 0.2) is 0 Å². The lowest BCUT2D eigenvalue weighted by atomic mass is 9.85. The molecule has 82 heavy (non-hydrogen) atoms. The second kappa shape index (κ2) is 26.9. The number of imide groups is 4. The standard InChI is InChI=1S/C66H82N6O10/c1-5-9-13-17-23-41(24-18-14-10-6-2)71-63(79)47-33-29-43-55-44(30-34-48(57(47)55)64(71)80)60(76)69(59(43)75)39-37-53(73)67-51-27-21-22-28-52(51)68-54(74)38-40-70-61(77)45-31-35-49-58-50(36-32-46(56(45)58)62(70)78)66(82)72(65(49)81)42(25-19-15-11-7-3)26-20-16-12-8-4/h29-36,41-42,51-52H,5-28,37-40H2,1-4H3,(H,67,73)(H,68,74)/t51-,52-/m1/s1. The van der Waals surface area contributed by atoms with Gasteiger partial charge in [0, 0.05) is 116 Å². The minimum Gasteiger partial charge on any atom is -0.351 e. The molecule has 16 nitrogen and oxygen atoms in total. The molecule has 1 fully saturated rings. The lowest BCUT2D eigenvalue weighted by molar-refractivity contribution is -0.125. The fourth-order valence-corrected chi connectivity index (χ4v) is 13.4. The summed E-state index contributed by atoms with van der Waals surface area (Å²) in [6.45, 7) is 8.11. The molecule has 0 radical (unpaired) electrons. The summed E-state index contributed by atoms with van der Waals surface area (Å²) in [6, 6.07) is 11.1. The molecule has 4 heterocycles. The molecule has 2 N–H and O–H groups in total. The quantitative estimate of drug-likeness (QED) is 0.0373. The molecular weight excluding hydrogens is 1040 g/mol. The summed E-state index contributed by atoms with van der Waals surface area (Å²) in [5.74, 6) is -5.01. The van der Waals surface area contributed by atoms with Gasteiger partial charge in [0.1, 0.15) is 0 Å². The summed E-state index contributed by atoms with van der Waals surface area (Å²) >= 11 is 0.